The summed E-state index contributed by atoms with van der Waals surface area (Å²) in [5.41, 5.74) is 3.19. The van der Waals surface area contributed by atoms with Crippen molar-refractivity contribution in [3.05, 3.63) is 112 Å². The summed E-state index contributed by atoms with van der Waals surface area (Å²) in [6.07, 6.45) is 4.38. The SMILES string of the molecule is O=C(Nc1ccsc1C(=O)N1CCN(C(c2ccccc2)c2ccccc2)CC1)c1cnccn1. The molecule has 7 nitrogen and oxygen atoms in total. The third kappa shape index (κ3) is 5.13. The second kappa shape index (κ2) is 10.6. The second-order valence-corrected chi connectivity index (χ2v) is 9.18. The molecule has 0 saturated carbocycles. The summed E-state index contributed by atoms with van der Waals surface area (Å²) in [5.74, 6) is -0.450. The van der Waals surface area contributed by atoms with Crippen molar-refractivity contribution in [1.82, 2.24) is 19.8 Å². The van der Waals surface area contributed by atoms with Gasteiger partial charge in [0, 0.05) is 38.6 Å². The van der Waals surface area contributed by atoms with E-state index in [1.54, 1.807) is 6.07 Å². The number of nitrogens with one attached hydrogen (secondary N) is 1. The summed E-state index contributed by atoms with van der Waals surface area (Å²) in [4.78, 5) is 38.6. The smallest absolute Gasteiger partial charge is 0.275 e. The van der Waals surface area contributed by atoms with Crippen molar-refractivity contribution in [2.24, 2.45) is 0 Å². The van der Waals surface area contributed by atoms with Crippen LogP contribution in [0.5, 0.6) is 0 Å². The Bertz CT molecular complexity index is 1230. The number of piperazine rings is 1. The number of aromatic nitrogens is 2. The van der Waals surface area contributed by atoms with Gasteiger partial charge < -0.3 is 10.2 Å². The van der Waals surface area contributed by atoms with Crippen LogP contribution in [0.15, 0.2) is 90.7 Å². The first-order chi connectivity index (χ1) is 17.2. The molecule has 1 aliphatic rings. The van der Waals surface area contributed by atoms with Gasteiger partial charge in [-0.05, 0) is 22.6 Å². The molecule has 0 radical (unpaired) electrons. The Morgan fingerprint density at radius 1 is 0.857 bits per heavy atom. The molecule has 2 aromatic heterocycles. The number of hydrogen-bond donors (Lipinski definition) is 1. The van der Waals surface area contributed by atoms with Crippen molar-refractivity contribution >= 4 is 28.8 Å². The molecule has 4 aromatic rings. The average molecular weight is 484 g/mol. The van der Waals surface area contributed by atoms with Crippen molar-refractivity contribution in [1.29, 1.82) is 0 Å². The fraction of sp³-hybridized carbons (Fsp3) is 0.185. The molecule has 3 heterocycles. The lowest BCUT2D eigenvalue weighted by atomic mass is 9.96. The second-order valence-electron chi connectivity index (χ2n) is 8.26. The van der Waals surface area contributed by atoms with Gasteiger partial charge in [-0.3, -0.25) is 19.5 Å². The van der Waals surface area contributed by atoms with Crippen LogP contribution in [-0.2, 0) is 0 Å². The summed E-state index contributed by atoms with van der Waals surface area (Å²) >= 11 is 1.33. The van der Waals surface area contributed by atoms with E-state index in [2.05, 4.69) is 68.7 Å². The van der Waals surface area contributed by atoms with E-state index in [1.165, 1.54) is 41.1 Å². The number of carbonyl (C=O) groups excluding carboxylic acids is 2. The van der Waals surface area contributed by atoms with E-state index in [0.717, 1.165) is 13.1 Å². The zero-order valence-corrected chi connectivity index (χ0v) is 19.9. The van der Waals surface area contributed by atoms with Crippen LogP contribution < -0.4 is 5.32 Å². The van der Waals surface area contributed by atoms with Crippen LogP contribution >= 0.6 is 11.3 Å². The molecule has 0 atom stereocenters. The number of benzene rings is 2. The van der Waals surface area contributed by atoms with Gasteiger partial charge in [-0.1, -0.05) is 60.7 Å². The van der Waals surface area contributed by atoms with Crippen LogP contribution in [0.2, 0.25) is 0 Å². The monoisotopic (exact) mass is 483 g/mol. The highest BCUT2D eigenvalue weighted by Gasteiger charge is 2.30. The molecule has 2 amide bonds. The Morgan fingerprint density at radius 2 is 1.51 bits per heavy atom. The summed E-state index contributed by atoms with van der Waals surface area (Å²) in [7, 11) is 0. The van der Waals surface area contributed by atoms with E-state index >= 15 is 0 Å². The molecule has 1 N–H and O–H groups in total. The highest BCUT2D eigenvalue weighted by Crippen LogP contribution is 2.30. The molecule has 5 rings (SSSR count). The van der Waals surface area contributed by atoms with E-state index < -0.39 is 0 Å². The Kier molecular flexibility index (Phi) is 6.92. The third-order valence-corrected chi connectivity index (χ3v) is 7.00. The molecule has 176 valence electrons. The maximum absolute atomic E-state index is 13.4. The third-order valence-electron chi connectivity index (χ3n) is 6.10. The van der Waals surface area contributed by atoms with Gasteiger partial charge in [-0.15, -0.1) is 11.3 Å². The van der Waals surface area contributed by atoms with E-state index in [0.29, 0.717) is 23.7 Å². The molecular weight excluding hydrogens is 458 g/mol. The average Bonchev–Trinajstić information content (AvgIpc) is 3.38. The number of nitrogens with zero attached hydrogens (tertiary/aromatic N) is 4. The van der Waals surface area contributed by atoms with Crippen LogP contribution in [-0.4, -0.2) is 57.8 Å². The molecule has 0 aliphatic carbocycles. The molecule has 0 bridgehead atoms. The van der Waals surface area contributed by atoms with Gasteiger partial charge in [0.05, 0.1) is 17.9 Å². The van der Waals surface area contributed by atoms with E-state index in [4.69, 9.17) is 0 Å². The minimum absolute atomic E-state index is 0.0648. The standard InChI is InChI=1S/C27H25N5O2S/c33-26(23-19-28-12-13-29-23)30-22-11-18-35-25(22)27(34)32-16-14-31(15-17-32)24(20-7-3-1-4-8-20)21-9-5-2-6-10-21/h1-13,18-19,24H,14-17H2,(H,30,33). The van der Waals surface area contributed by atoms with Gasteiger partial charge in [0.1, 0.15) is 10.6 Å². The van der Waals surface area contributed by atoms with Crippen molar-refractivity contribution in [2.45, 2.75) is 6.04 Å². The van der Waals surface area contributed by atoms with Crippen molar-refractivity contribution in [3.63, 3.8) is 0 Å². The van der Waals surface area contributed by atoms with Crippen LogP contribution in [0.3, 0.4) is 0 Å². The maximum atomic E-state index is 13.4. The molecular formula is C27H25N5O2S. The van der Waals surface area contributed by atoms with Crippen LogP contribution in [0.4, 0.5) is 5.69 Å². The van der Waals surface area contributed by atoms with Gasteiger partial charge in [-0.2, -0.15) is 0 Å². The molecule has 1 saturated heterocycles. The Balaban J connectivity index is 1.28. The zero-order chi connectivity index (χ0) is 24.0. The van der Waals surface area contributed by atoms with Gasteiger partial charge in [-0.25, -0.2) is 4.98 Å². The molecule has 1 fully saturated rings. The normalized spacial score (nSPS) is 14.1. The van der Waals surface area contributed by atoms with Gasteiger partial charge >= 0.3 is 0 Å². The van der Waals surface area contributed by atoms with Crippen molar-refractivity contribution in [2.75, 3.05) is 31.5 Å². The molecule has 2 aromatic carbocycles. The maximum Gasteiger partial charge on any atom is 0.275 e. The van der Waals surface area contributed by atoms with Crippen LogP contribution in [0, 0.1) is 0 Å². The summed E-state index contributed by atoms with van der Waals surface area (Å²) in [6.45, 7) is 2.74. The highest BCUT2D eigenvalue weighted by atomic mass is 32.1. The minimum Gasteiger partial charge on any atom is -0.335 e. The topological polar surface area (TPSA) is 78.4 Å². The van der Waals surface area contributed by atoms with Crippen LogP contribution in [0.1, 0.15) is 37.3 Å². The Labute approximate surface area is 208 Å². The molecule has 0 unspecified atom stereocenters. The Morgan fingerprint density at radius 3 is 2.11 bits per heavy atom. The molecule has 8 heteroatoms. The lowest BCUT2D eigenvalue weighted by Gasteiger charge is -2.39. The number of thiophene rings is 1. The summed E-state index contributed by atoms with van der Waals surface area (Å²) < 4.78 is 0. The van der Waals surface area contributed by atoms with E-state index in [9.17, 15) is 9.59 Å². The first-order valence-corrected chi connectivity index (χ1v) is 12.4. The summed E-state index contributed by atoms with van der Waals surface area (Å²) in [6, 6.07) is 22.9. The predicted molar refractivity (Wildman–Crippen MR) is 137 cm³/mol. The van der Waals surface area contributed by atoms with Gasteiger partial charge in [0.25, 0.3) is 11.8 Å². The van der Waals surface area contributed by atoms with E-state index in [1.807, 2.05) is 22.4 Å². The van der Waals surface area contributed by atoms with Gasteiger partial charge in [0.2, 0.25) is 0 Å². The van der Waals surface area contributed by atoms with Crippen molar-refractivity contribution < 1.29 is 9.59 Å². The first-order valence-electron chi connectivity index (χ1n) is 11.5. The first kappa shape index (κ1) is 22.9. The highest BCUT2D eigenvalue weighted by molar-refractivity contribution is 7.12. The van der Waals surface area contributed by atoms with Crippen molar-refractivity contribution in [3.8, 4) is 0 Å². The number of hydrogen-bond acceptors (Lipinski definition) is 6. The van der Waals surface area contributed by atoms with E-state index in [-0.39, 0.29) is 23.6 Å². The number of carbonyl (C=O) groups is 2. The minimum atomic E-state index is -0.385. The predicted octanol–water partition coefficient (Wildman–Crippen LogP) is 4.34. The number of anilines is 1. The van der Waals surface area contributed by atoms with Crippen LogP contribution in [0.25, 0.3) is 0 Å². The molecule has 1 aliphatic heterocycles. The number of rotatable bonds is 6. The summed E-state index contributed by atoms with van der Waals surface area (Å²) in [5, 5.41) is 4.62. The fourth-order valence-electron chi connectivity index (χ4n) is 4.39. The molecule has 35 heavy (non-hydrogen) atoms. The fourth-order valence-corrected chi connectivity index (χ4v) is 5.20. The quantitative estimate of drug-likeness (QED) is 0.442. The largest absolute Gasteiger partial charge is 0.335 e. The lowest BCUT2D eigenvalue weighted by Crippen LogP contribution is -2.49. The van der Waals surface area contributed by atoms with Gasteiger partial charge in [0.15, 0.2) is 0 Å². The Hall–Kier alpha value is -3.88. The molecule has 0 spiro atoms. The zero-order valence-electron chi connectivity index (χ0n) is 19.1. The lowest BCUT2D eigenvalue weighted by molar-refractivity contribution is 0.0603. The number of amides is 2.